The largest absolute Gasteiger partial charge is 0.295 e. The average molecular weight is 556 g/mol. The highest BCUT2D eigenvalue weighted by molar-refractivity contribution is 9.10. The highest BCUT2D eigenvalue weighted by atomic mass is 79.9. The van der Waals surface area contributed by atoms with Gasteiger partial charge in [-0.2, -0.15) is 16.8 Å². The number of halogens is 2. The van der Waals surface area contributed by atoms with Crippen molar-refractivity contribution < 1.29 is 25.9 Å². The Morgan fingerprint density at radius 2 is 0.786 bits per heavy atom. The maximum Gasteiger partial charge on any atom is 0.295 e. The molecule has 0 amide bonds. The van der Waals surface area contributed by atoms with E-state index in [1.54, 1.807) is 41.5 Å². The van der Waals surface area contributed by atoms with Crippen molar-refractivity contribution in [1.82, 2.24) is 0 Å². The summed E-state index contributed by atoms with van der Waals surface area (Å²) in [5.41, 5.74) is 4.23. The molecule has 6 nitrogen and oxygen atoms in total. The van der Waals surface area contributed by atoms with E-state index >= 15 is 0 Å². The van der Waals surface area contributed by atoms with Crippen LogP contribution in [0.25, 0.3) is 11.1 Å². The van der Waals surface area contributed by atoms with Crippen LogP contribution in [0.15, 0.2) is 18.7 Å². The van der Waals surface area contributed by atoms with E-state index in [0.29, 0.717) is 22.3 Å². The fourth-order valence-corrected chi connectivity index (χ4v) is 7.68. The van der Waals surface area contributed by atoms with Crippen LogP contribution >= 0.6 is 31.9 Å². The van der Waals surface area contributed by atoms with Crippen LogP contribution in [0.3, 0.4) is 0 Å². The molecule has 0 saturated carbocycles. The van der Waals surface area contributed by atoms with Crippen LogP contribution in [0.1, 0.15) is 33.4 Å². The second-order valence-corrected chi connectivity index (χ2v) is 11.0. The molecular formula is C18H20Br2O6S2. The summed E-state index contributed by atoms with van der Waals surface area (Å²) in [6.45, 7) is 10.1. The van der Waals surface area contributed by atoms with Crippen LogP contribution in [0.4, 0.5) is 0 Å². The lowest BCUT2D eigenvalue weighted by atomic mass is 9.86. The molecule has 0 heterocycles. The molecule has 0 aromatic heterocycles. The minimum absolute atomic E-state index is 0.257. The van der Waals surface area contributed by atoms with Crippen molar-refractivity contribution >= 4 is 52.1 Å². The van der Waals surface area contributed by atoms with Crippen molar-refractivity contribution in [2.45, 2.75) is 51.3 Å². The Labute approximate surface area is 182 Å². The predicted octanol–water partition coefficient (Wildman–Crippen LogP) is 5.22. The van der Waals surface area contributed by atoms with Crippen LogP contribution in [0, 0.1) is 41.5 Å². The molecule has 2 rings (SSSR count). The van der Waals surface area contributed by atoms with Crippen LogP contribution in [-0.2, 0) is 20.2 Å². The first-order chi connectivity index (χ1) is 12.5. The Hall–Kier alpha value is -0.780. The summed E-state index contributed by atoms with van der Waals surface area (Å²) in [6, 6.07) is 0. The average Bonchev–Trinajstić information content (AvgIpc) is 2.51. The Morgan fingerprint density at radius 1 is 0.536 bits per heavy atom. The summed E-state index contributed by atoms with van der Waals surface area (Å²) in [5, 5.41) is 0. The maximum absolute atomic E-state index is 12.0. The number of hydrogen-bond donors (Lipinski definition) is 2. The highest BCUT2D eigenvalue weighted by Crippen LogP contribution is 2.45. The van der Waals surface area contributed by atoms with Gasteiger partial charge in [-0.1, -0.05) is 0 Å². The van der Waals surface area contributed by atoms with E-state index in [2.05, 4.69) is 31.9 Å². The number of benzene rings is 2. The van der Waals surface area contributed by atoms with Crippen molar-refractivity contribution in [2.75, 3.05) is 0 Å². The van der Waals surface area contributed by atoms with Gasteiger partial charge in [0, 0.05) is 8.95 Å². The van der Waals surface area contributed by atoms with Crippen molar-refractivity contribution in [1.29, 1.82) is 0 Å². The van der Waals surface area contributed by atoms with Gasteiger partial charge in [0.15, 0.2) is 0 Å². The Bertz CT molecular complexity index is 1130. The standard InChI is InChI=1S/C18H20Br2O6S2/c1-7-9(3)15(19)17(27(21,22)23)11(5)13(7)14-8(2)10(4)16(20)18(12(14)6)28(24,25)26/h1-6H3,(H,21,22,23)(H,24,25,26). The van der Waals surface area contributed by atoms with E-state index < -0.39 is 20.2 Å². The smallest absolute Gasteiger partial charge is 0.282 e. The second-order valence-electron chi connectivity index (χ2n) is 6.74. The normalized spacial score (nSPS) is 12.5. The summed E-state index contributed by atoms with van der Waals surface area (Å²) in [6.07, 6.45) is 0. The lowest BCUT2D eigenvalue weighted by Crippen LogP contribution is -2.11. The van der Waals surface area contributed by atoms with E-state index in [0.717, 1.165) is 11.1 Å². The van der Waals surface area contributed by atoms with Gasteiger partial charge >= 0.3 is 0 Å². The van der Waals surface area contributed by atoms with Crippen molar-refractivity contribution in [3.8, 4) is 11.1 Å². The molecule has 10 heteroatoms. The zero-order valence-electron chi connectivity index (χ0n) is 16.1. The molecule has 0 spiro atoms. The van der Waals surface area contributed by atoms with E-state index in [1.165, 1.54) is 0 Å². The lowest BCUT2D eigenvalue weighted by molar-refractivity contribution is 0.479. The fraction of sp³-hybridized carbons (Fsp3) is 0.333. The van der Waals surface area contributed by atoms with Crippen molar-refractivity contribution in [3.63, 3.8) is 0 Å². The van der Waals surface area contributed by atoms with Gasteiger partial charge in [0.05, 0.1) is 0 Å². The van der Waals surface area contributed by atoms with Crippen LogP contribution in [0.2, 0.25) is 0 Å². The molecule has 28 heavy (non-hydrogen) atoms. The molecule has 0 aliphatic carbocycles. The SMILES string of the molecule is Cc1c(C)c(-c2c(C)c(C)c(Br)c(S(=O)(=O)O)c2C)c(C)c(S(=O)(=O)O)c1Br. The maximum atomic E-state index is 12.0. The van der Waals surface area contributed by atoms with Gasteiger partial charge in [0.1, 0.15) is 9.79 Å². The molecule has 2 N–H and O–H groups in total. The Kier molecular flexibility index (Phi) is 6.28. The first-order valence-corrected chi connectivity index (χ1v) is 12.5. The molecular weight excluding hydrogens is 536 g/mol. The number of hydrogen-bond acceptors (Lipinski definition) is 4. The first-order valence-electron chi connectivity index (χ1n) is 8.07. The zero-order valence-corrected chi connectivity index (χ0v) is 20.9. The molecule has 0 radical (unpaired) electrons. The third-order valence-corrected chi connectivity index (χ3v) is 9.69. The van der Waals surface area contributed by atoms with E-state index in [1.807, 2.05) is 0 Å². The number of rotatable bonds is 3. The van der Waals surface area contributed by atoms with Gasteiger partial charge < -0.3 is 0 Å². The van der Waals surface area contributed by atoms with Gasteiger partial charge in [-0.15, -0.1) is 0 Å². The third-order valence-electron chi connectivity index (χ3n) is 5.13. The summed E-state index contributed by atoms with van der Waals surface area (Å²) in [4.78, 5) is -0.531. The van der Waals surface area contributed by atoms with E-state index in [-0.39, 0.29) is 29.9 Å². The monoisotopic (exact) mass is 554 g/mol. The van der Waals surface area contributed by atoms with Crippen molar-refractivity contribution in [2.24, 2.45) is 0 Å². The first kappa shape index (κ1) is 23.5. The molecule has 2 aromatic carbocycles. The minimum Gasteiger partial charge on any atom is -0.282 e. The van der Waals surface area contributed by atoms with Gasteiger partial charge in [-0.05, 0) is 118 Å². The molecule has 0 aliphatic rings. The summed E-state index contributed by atoms with van der Waals surface area (Å²) < 4.78 is 68.1. The third kappa shape index (κ3) is 3.70. The van der Waals surface area contributed by atoms with Gasteiger partial charge in [-0.25, -0.2) is 0 Å². The van der Waals surface area contributed by atoms with Crippen LogP contribution in [0.5, 0.6) is 0 Å². The molecule has 2 aromatic rings. The van der Waals surface area contributed by atoms with Gasteiger partial charge in [-0.3, -0.25) is 9.11 Å². The van der Waals surface area contributed by atoms with Gasteiger partial charge in [0.2, 0.25) is 0 Å². The molecule has 0 aliphatic heterocycles. The van der Waals surface area contributed by atoms with Gasteiger partial charge in [0.25, 0.3) is 20.2 Å². The molecule has 0 unspecified atom stereocenters. The Balaban J connectivity index is 3.24. The second kappa shape index (κ2) is 7.48. The minimum atomic E-state index is -4.54. The molecule has 0 fully saturated rings. The zero-order chi connectivity index (χ0) is 21.9. The fourth-order valence-electron chi connectivity index (χ4n) is 3.53. The predicted molar refractivity (Wildman–Crippen MR) is 115 cm³/mol. The van der Waals surface area contributed by atoms with Crippen LogP contribution in [-0.4, -0.2) is 25.9 Å². The van der Waals surface area contributed by atoms with Crippen molar-refractivity contribution in [3.05, 3.63) is 42.3 Å². The highest BCUT2D eigenvalue weighted by Gasteiger charge is 2.30. The summed E-state index contributed by atoms with van der Waals surface area (Å²) >= 11 is 6.50. The van der Waals surface area contributed by atoms with Crippen LogP contribution < -0.4 is 0 Å². The molecule has 0 bridgehead atoms. The molecule has 154 valence electrons. The van der Waals surface area contributed by atoms with E-state index in [4.69, 9.17) is 0 Å². The lowest BCUT2D eigenvalue weighted by Gasteiger charge is -2.24. The summed E-state index contributed by atoms with van der Waals surface area (Å²) in [5.74, 6) is 0. The Morgan fingerprint density at radius 3 is 1.00 bits per heavy atom. The topological polar surface area (TPSA) is 109 Å². The molecule has 0 saturated heterocycles. The van der Waals surface area contributed by atoms with E-state index in [9.17, 15) is 25.9 Å². The quantitative estimate of drug-likeness (QED) is 0.502. The molecule has 0 atom stereocenters. The summed E-state index contributed by atoms with van der Waals surface area (Å²) in [7, 11) is -9.08.